The van der Waals surface area contributed by atoms with Gasteiger partial charge in [0, 0.05) is 26.6 Å². The summed E-state index contributed by atoms with van der Waals surface area (Å²) in [5.74, 6) is 0. The molecule has 2 aliphatic rings. The van der Waals surface area contributed by atoms with Crippen LogP contribution in [0, 0.1) is 0 Å². The minimum Gasteiger partial charge on any atom is -0.441 e. The van der Waals surface area contributed by atoms with Crippen LogP contribution in [0.1, 0.15) is 24.8 Å². The van der Waals surface area contributed by atoms with Crippen LogP contribution < -0.4 is 0 Å². The first-order valence-corrected chi connectivity index (χ1v) is 9.59. The van der Waals surface area contributed by atoms with Crippen LogP contribution in [0.4, 0.5) is 18.0 Å². The Bertz CT molecular complexity index is 795. The number of alkyl halides is 3. The van der Waals surface area contributed by atoms with Crippen molar-refractivity contribution in [3.05, 3.63) is 29.8 Å². The molecule has 144 valence electrons. The first-order valence-electron chi connectivity index (χ1n) is 8.15. The molecular formula is C16H19F3N2O4S. The SMILES string of the molecule is CN1C[C@@]2(CCCN(S(=O)(=O)c3ccc(C(F)(F)F)cc3)CC2)OC1=O. The third-order valence-corrected chi connectivity index (χ3v) is 6.73. The molecule has 2 saturated heterocycles. The lowest BCUT2D eigenvalue weighted by atomic mass is 9.95. The van der Waals surface area contributed by atoms with Gasteiger partial charge in [-0.1, -0.05) is 0 Å². The monoisotopic (exact) mass is 392 g/mol. The lowest BCUT2D eigenvalue weighted by Crippen LogP contribution is -2.36. The molecule has 10 heteroatoms. The third kappa shape index (κ3) is 3.52. The van der Waals surface area contributed by atoms with E-state index in [9.17, 15) is 26.4 Å². The van der Waals surface area contributed by atoms with Gasteiger partial charge >= 0.3 is 12.3 Å². The van der Waals surface area contributed by atoms with Crippen LogP contribution in [0.3, 0.4) is 0 Å². The molecule has 2 fully saturated rings. The summed E-state index contributed by atoms with van der Waals surface area (Å²) in [7, 11) is -2.29. The predicted molar refractivity (Wildman–Crippen MR) is 85.9 cm³/mol. The van der Waals surface area contributed by atoms with Gasteiger partial charge in [-0.2, -0.15) is 17.5 Å². The van der Waals surface area contributed by atoms with E-state index >= 15 is 0 Å². The summed E-state index contributed by atoms with van der Waals surface area (Å²) in [5.41, 5.74) is -1.59. The van der Waals surface area contributed by atoms with Gasteiger partial charge in [0.1, 0.15) is 5.60 Å². The molecule has 6 nitrogen and oxygen atoms in total. The van der Waals surface area contributed by atoms with Crippen molar-refractivity contribution in [3.8, 4) is 0 Å². The van der Waals surface area contributed by atoms with Crippen LogP contribution in [-0.2, 0) is 20.9 Å². The third-order valence-electron chi connectivity index (χ3n) is 4.82. The van der Waals surface area contributed by atoms with Crippen molar-refractivity contribution in [2.75, 3.05) is 26.7 Å². The molecule has 0 aromatic heterocycles. The van der Waals surface area contributed by atoms with Gasteiger partial charge < -0.3 is 9.64 Å². The minimum absolute atomic E-state index is 0.143. The lowest BCUT2D eigenvalue weighted by molar-refractivity contribution is -0.137. The summed E-state index contributed by atoms with van der Waals surface area (Å²) in [6, 6.07) is 3.48. The zero-order valence-corrected chi connectivity index (χ0v) is 14.9. The average Bonchev–Trinajstić information content (AvgIpc) is 2.72. The molecular weight excluding hydrogens is 373 g/mol. The fraction of sp³-hybridized carbons (Fsp3) is 0.562. The molecule has 1 aromatic rings. The maximum absolute atomic E-state index is 12.8. The van der Waals surface area contributed by atoms with Gasteiger partial charge in [0.25, 0.3) is 0 Å². The molecule has 1 amide bonds. The summed E-state index contributed by atoms with van der Waals surface area (Å²) in [4.78, 5) is 12.9. The molecule has 2 heterocycles. The number of rotatable bonds is 2. The Hall–Kier alpha value is -1.81. The summed E-state index contributed by atoms with van der Waals surface area (Å²) < 4.78 is 70.2. The van der Waals surface area contributed by atoms with Gasteiger partial charge in [-0.15, -0.1) is 0 Å². The molecule has 0 aliphatic carbocycles. The summed E-state index contributed by atoms with van der Waals surface area (Å²) in [6.07, 6.45) is -3.55. The van der Waals surface area contributed by atoms with Crippen LogP contribution in [0.25, 0.3) is 0 Å². The van der Waals surface area contributed by atoms with Gasteiger partial charge in [-0.25, -0.2) is 13.2 Å². The Labute approximate surface area is 149 Å². The van der Waals surface area contributed by atoms with Gasteiger partial charge in [-0.3, -0.25) is 0 Å². The lowest BCUT2D eigenvalue weighted by Gasteiger charge is -2.25. The van der Waals surface area contributed by atoms with E-state index in [0.29, 0.717) is 25.8 Å². The van der Waals surface area contributed by atoms with Gasteiger partial charge in [0.15, 0.2) is 0 Å². The number of amides is 1. The van der Waals surface area contributed by atoms with E-state index in [2.05, 4.69) is 0 Å². The smallest absolute Gasteiger partial charge is 0.416 e. The number of halogens is 3. The van der Waals surface area contributed by atoms with Crippen molar-refractivity contribution in [1.82, 2.24) is 9.21 Å². The average molecular weight is 392 g/mol. The van der Waals surface area contributed by atoms with Crippen LogP contribution in [-0.4, -0.2) is 56.0 Å². The number of hydrogen-bond acceptors (Lipinski definition) is 4. The van der Waals surface area contributed by atoms with Crippen LogP contribution in [0.15, 0.2) is 29.2 Å². The van der Waals surface area contributed by atoms with Gasteiger partial charge in [0.2, 0.25) is 10.0 Å². The maximum atomic E-state index is 12.8. The highest BCUT2D eigenvalue weighted by Crippen LogP contribution is 2.34. The van der Waals surface area contributed by atoms with E-state index in [1.54, 1.807) is 7.05 Å². The Morgan fingerprint density at radius 3 is 2.31 bits per heavy atom. The zero-order chi connectivity index (χ0) is 19.2. The molecule has 0 unspecified atom stereocenters. The van der Waals surface area contributed by atoms with Crippen molar-refractivity contribution in [1.29, 1.82) is 0 Å². The molecule has 0 N–H and O–H groups in total. The summed E-state index contributed by atoms with van der Waals surface area (Å²) >= 11 is 0. The first-order chi connectivity index (χ1) is 12.0. The number of benzene rings is 1. The predicted octanol–water partition coefficient (Wildman–Crippen LogP) is 2.70. The molecule has 0 radical (unpaired) electrons. The van der Waals surface area contributed by atoms with Crippen molar-refractivity contribution >= 4 is 16.1 Å². The number of carbonyl (C=O) groups is 1. The van der Waals surface area contributed by atoms with Gasteiger partial charge in [-0.05, 0) is 37.1 Å². The Kier molecular flexibility index (Phi) is 4.68. The maximum Gasteiger partial charge on any atom is 0.416 e. The van der Waals surface area contributed by atoms with E-state index in [1.807, 2.05) is 0 Å². The number of carbonyl (C=O) groups excluding carboxylic acids is 1. The summed E-state index contributed by atoms with van der Waals surface area (Å²) in [6.45, 7) is 0.775. The minimum atomic E-state index is -4.52. The molecule has 1 atom stereocenters. The number of likely N-dealkylation sites (N-methyl/N-ethyl adjacent to an activating group) is 1. The Morgan fingerprint density at radius 1 is 1.12 bits per heavy atom. The fourth-order valence-electron chi connectivity index (χ4n) is 3.40. The van der Waals surface area contributed by atoms with Crippen LogP contribution in [0.2, 0.25) is 0 Å². The second-order valence-corrected chi connectivity index (χ2v) is 8.62. The number of nitrogens with zero attached hydrogens (tertiary/aromatic N) is 2. The first kappa shape index (κ1) is 19.0. The topological polar surface area (TPSA) is 66.9 Å². The molecule has 2 aliphatic heterocycles. The standard InChI is InChI=1S/C16H19F3N2O4S/c1-20-11-15(25-14(20)22)7-2-9-21(10-8-15)26(23,24)13-5-3-12(4-6-13)16(17,18)19/h3-6H,2,7-11H2,1H3/t15-/m0/s1. The van der Waals surface area contributed by atoms with E-state index < -0.39 is 33.5 Å². The second-order valence-electron chi connectivity index (χ2n) is 6.69. The van der Waals surface area contributed by atoms with Crippen molar-refractivity contribution < 1.29 is 31.1 Å². The molecule has 0 saturated carbocycles. The highest BCUT2D eigenvalue weighted by Gasteiger charge is 2.45. The number of ether oxygens (including phenoxy) is 1. The van der Waals surface area contributed by atoms with Crippen LogP contribution in [0.5, 0.6) is 0 Å². The largest absolute Gasteiger partial charge is 0.441 e. The second kappa shape index (κ2) is 6.41. The van der Waals surface area contributed by atoms with Crippen molar-refractivity contribution in [3.63, 3.8) is 0 Å². The number of hydrogen-bond donors (Lipinski definition) is 0. The highest BCUT2D eigenvalue weighted by molar-refractivity contribution is 7.89. The molecule has 26 heavy (non-hydrogen) atoms. The highest BCUT2D eigenvalue weighted by atomic mass is 32.2. The van der Waals surface area contributed by atoms with Crippen molar-refractivity contribution in [2.45, 2.75) is 35.9 Å². The Balaban J connectivity index is 1.77. The zero-order valence-electron chi connectivity index (χ0n) is 14.1. The summed E-state index contributed by atoms with van der Waals surface area (Å²) in [5, 5.41) is 0. The molecule has 1 spiro atoms. The van der Waals surface area contributed by atoms with E-state index in [4.69, 9.17) is 4.74 Å². The molecule has 0 bridgehead atoms. The fourth-order valence-corrected chi connectivity index (χ4v) is 4.88. The molecule has 1 aromatic carbocycles. The quantitative estimate of drug-likeness (QED) is 0.776. The van der Waals surface area contributed by atoms with E-state index in [-0.39, 0.29) is 18.0 Å². The number of sulfonamides is 1. The van der Waals surface area contributed by atoms with Crippen LogP contribution >= 0.6 is 0 Å². The Morgan fingerprint density at radius 2 is 1.77 bits per heavy atom. The molecule has 3 rings (SSSR count). The van der Waals surface area contributed by atoms with E-state index in [0.717, 1.165) is 24.3 Å². The van der Waals surface area contributed by atoms with Gasteiger partial charge in [0.05, 0.1) is 17.0 Å². The normalized spacial score (nSPS) is 25.4. The van der Waals surface area contributed by atoms with E-state index in [1.165, 1.54) is 9.21 Å². The van der Waals surface area contributed by atoms with Crippen molar-refractivity contribution in [2.24, 2.45) is 0 Å².